The van der Waals surface area contributed by atoms with Gasteiger partial charge < -0.3 is 19.5 Å². The minimum Gasteiger partial charge on any atom is -0.481 e. The van der Waals surface area contributed by atoms with Gasteiger partial charge in [-0.15, -0.1) is 0 Å². The average Bonchev–Trinajstić information content (AvgIpc) is 3.39. The van der Waals surface area contributed by atoms with E-state index in [1.807, 2.05) is 17.5 Å². The smallest absolute Gasteiger partial charge is 0.277 e. The molecular formula is C21H23N5O4. The summed E-state index contributed by atoms with van der Waals surface area (Å²) in [5.74, 6) is 0.720. The first-order valence-electron chi connectivity index (χ1n) is 9.93. The van der Waals surface area contributed by atoms with Crippen molar-refractivity contribution in [2.75, 3.05) is 25.6 Å². The summed E-state index contributed by atoms with van der Waals surface area (Å²) in [6.45, 7) is 5.09. The molecule has 6 rings (SSSR count). The molecule has 1 saturated carbocycles. The molecule has 2 bridgehead atoms. The third kappa shape index (κ3) is 2.97. The van der Waals surface area contributed by atoms with Crippen molar-refractivity contribution in [1.82, 2.24) is 19.4 Å². The quantitative estimate of drug-likeness (QED) is 0.668. The zero-order valence-corrected chi connectivity index (χ0v) is 17.1. The summed E-state index contributed by atoms with van der Waals surface area (Å²) in [7, 11) is 1.52. The molecule has 0 spiro atoms. The van der Waals surface area contributed by atoms with Gasteiger partial charge in [0.15, 0.2) is 0 Å². The Balaban J connectivity index is 1.49. The van der Waals surface area contributed by atoms with Crippen LogP contribution in [-0.2, 0) is 10.2 Å². The maximum Gasteiger partial charge on any atom is 0.277 e. The fourth-order valence-electron chi connectivity index (χ4n) is 4.50. The molecular weight excluding hydrogens is 386 g/mol. The van der Waals surface area contributed by atoms with E-state index in [9.17, 15) is 4.79 Å². The van der Waals surface area contributed by atoms with Crippen molar-refractivity contribution in [2.45, 2.75) is 37.7 Å². The number of aromatic nitrogens is 4. The topological polar surface area (TPSA) is 99.9 Å². The predicted molar refractivity (Wildman–Crippen MR) is 108 cm³/mol. The molecule has 1 N–H and O–H groups in total. The molecule has 0 unspecified atom stereocenters. The number of amides is 1. The molecule has 3 fully saturated rings. The van der Waals surface area contributed by atoms with Crippen LogP contribution in [0.4, 0.5) is 5.82 Å². The molecule has 0 radical (unpaired) electrons. The summed E-state index contributed by atoms with van der Waals surface area (Å²) in [6, 6.07) is 5.14. The second-order valence-electron chi connectivity index (χ2n) is 8.11. The molecule has 2 saturated heterocycles. The van der Waals surface area contributed by atoms with Gasteiger partial charge in [0.2, 0.25) is 11.5 Å². The molecule has 1 aliphatic carbocycles. The highest BCUT2D eigenvalue weighted by Crippen LogP contribution is 2.58. The van der Waals surface area contributed by atoms with Crippen LogP contribution in [-0.4, -0.2) is 51.2 Å². The van der Waals surface area contributed by atoms with Crippen LogP contribution in [0.15, 0.2) is 30.6 Å². The van der Waals surface area contributed by atoms with Gasteiger partial charge in [-0.2, -0.15) is 4.98 Å². The highest BCUT2D eigenvalue weighted by Gasteiger charge is 2.61. The number of nitrogens with one attached hydrogen (secondary N) is 1. The van der Waals surface area contributed by atoms with Crippen LogP contribution in [0.1, 0.15) is 42.9 Å². The lowest BCUT2D eigenvalue weighted by molar-refractivity contribution is 0.0154. The molecule has 9 heteroatoms. The summed E-state index contributed by atoms with van der Waals surface area (Å²) < 4.78 is 18.5. The first-order chi connectivity index (χ1) is 14.4. The minimum atomic E-state index is -0.396. The van der Waals surface area contributed by atoms with Crippen LogP contribution in [0.3, 0.4) is 0 Å². The summed E-state index contributed by atoms with van der Waals surface area (Å²) in [5.41, 5.74) is 1.66. The van der Waals surface area contributed by atoms with E-state index in [1.165, 1.54) is 7.11 Å². The second-order valence-corrected chi connectivity index (χ2v) is 8.11. The molecule has 2 aliphatic heterocycles. The Kier molecular flexibility index (Phi) is 4.18. The first-order valence-corrected chi connectivity index (χ1v) is 9.93. The third-order valence-corrected chi connectivity index (χ3v) is 5.76. The lowest BCUT2D eigenvalue weighted by Gasteiger charge is -2.41. The van der Waals surface area contributed by atoms with Crippen LogP contribution in [0.25, 0.3) is 5.65 Å². The average molecular weight is 409 g/mol. The van der Waals surface area contributed by atoms with E-state index in [0.29, 0.717) is 36.4 Å². The molecule has 3 aromatic rings. The summed E-state index contributed by atoms with van der Waals surface area (Å²) >= 11 is 0. The maximum atomic E-state index is 12.8. The van der Waals surface area contributed by atoms with Crippen LogP contribution < -0.4 is 14.8 Å². The number of hydrogen-bond donors (Lipinski definition) is 1. The van der Waals surface area contributed by atoms with Crippen molar-refractivity contribution in [3.05, 3.63) is 42.0 Å². The van der Waals surface area contributed by atoms with E-state index in [2.05, 4.69) is 22.2 Å². The highest BCUT2D eigenvalue weighted by molar-refractivity contribution is 6.02. The number of fused-ring (bicyclic) bond motifs is 2. The van der Waals surface area contributed by atoms with Gasteiger partial charge >= 0.3 is 0 Å². The zero-order chi connectivity index (χ0) is 20.9. The Hall–Kier alpha value is -3.20. The van der Waals surface area contributed by atoms with E-state index < -0.39 is 5.91 Å². The number of hydrogen-bond acceptors (Lipinski definition) is 7. The molecule has 1 amide bonds. The van der Waals surface area contributed by atoms with Crippen molar-refractivity contribution >= 4 is 17.4 Å². The van der Waals surface area contributed by atoms with Gasteiger partial charge in [0.25, 0.3) is 11.8 Å². The van der Waals surface area contributed by atoms with Crippen LogP contribution in [0.5, 0.6) is 11.8 Å². The molecule has 156 valence electrons. The van der Waals surface area contributed by atoms with Crippen LogP contribution in [0.2, 0.25) is 0 Å². The third-order valence-electron chi connectivity index (χ3n) is 5.76. The number of imidazole rings is 1. The van der Waals surface area contributed by atoms with E-state index >= 15 is 0 Å². The van der Waals surface area contributed by atoms with Crippen molar-refractivity contribution in [3.63, 3.8) is 0 Å². The Morgan fingerprint density at radius 1 is 1.27 bits per heavy atom. The van der Waals surface area contributed by atoms with Gasteiger partial charge in [-0.25, -0.2) is 9.97 Å². The Bertz CT molecular complexity index is 1140. The first kappa shape index (κ1) is 18.8. The van der Waals surface area contributed by atoms with E-state index in [0.717, 1.165) is 18.5 Å². The molecule has 3 aromatic heterocycles. The molecule has 5 heterocycles. The van der Waals surface area contributed by atoms with Gasteiger partial charge in [-0.3, -0.25) is 9.20 Å². The van der Waals surface area contributed by atoms with Crippen molar-refractivity contribution in [2.24, 2.45) is 0 Å². The van der Waals surface area contributed by atoms with Crippen molar-refractivity contribution < 1.29 is 19.0 Å². The van der Waals surface area contributed by atoms with Gasteiger partial charge in [-0.1, -0.05) is 6.07 Å². The fourth-order valence-corrected chi connectivity index (χ4v) is 4.50. The van der Waals surface area contributed by atoms with Crippen LogP contribution in [0, 0.1) is 0 Å². The van der Waals surface area contributed by atoms with Gasteiger partial charge in [-0.05, 0) is 32.8 Å². The van der Waals surface area contributed by atoms with Crippen molar-refractivity contribution in [3.8, 4) is 11.8 Å². The SMILES string of the molecule is CCOc1nc(C(=O)Nc2cccc(OC)n2)cn2cc(C34COC(C)(C3)C4)nc12. The summed E-state index contributed by atoms with van der Waals surface area (Å²) in [5, 5.41) is 2.75. The monoisotopic (exact) mass is 409 g/mol. The number of pyridine rings is 1. The zero-order valence-electron chi connectivity index (χ0n) is 17.1. The normalized spacial score (nSPS) is 24.5. The van der Waals surface area contributed by atoms with Crippen molar-refractivity contribution in [1.29, 1.82) is 0 Å². The number of anilines is 1. The molecule has 9 nitrogen and oxygen atoms in total. The highest BCUT2D eigenvalue weighted by atomic mass is 16.5. The fraction of sp³-hybridized carbons (Fsp3) is 0.429. The largest absolute Gasteiger partial charge is 0.481 e. The van der Waals surface area contributed by atoms with Gasteiger partial charge in [0, 0.05) is 23.9 Å². The number of ether oxygens (including phenoxy) is 3. The number of carbonyl (C=O) groups excluding carboxylic acids is 1. The molecule has 3 aliphatic rings. The Labute approximate surface area is 173 Å². The predicted octanol–water partition coefficient (Wildman–Crippen LogP) is 2.60. The molecule has 30 heavy (non-hydrogen) atoms. The standard InChI is InChI=1S/C21H23N5O4/c1-4-29-19-17-23-14(21-10-20(2,11-21)30-12-21)9-26(17)8-13(22-19)18(27)25-15-6-5-7-16(24-15)28-3/h5-9H,4,10-12H2,1-3H3,(H,24,25,27). The second kappa shape index (κ2) is 6.66. The van der Waals surface area contributed by atoms with Crippen LogP contribution >= 0.6 is 0 Å². The number of nitrogens with zero attached hydrogens (tertiary/aromatic N) is 4. The Morgan fingerprint density at radius 2 is 2.10 bits per heavy atom. The molecule has 0 atom stereocenters. The summed E-state index contributed by atoms with van der Waals surface area (Å²) in [4.78, 5) is 26.2. The number of methoxy groups -OCH3 is 1. The lowest BCUT2D eigenvalue weighted by atomic mass is 9.62. The Morgan fingerprint density at radius 3 is 2.80 bits per heavy atom. The lowest BCUT2D eigenvalue weighted by Crippen LogP contribution is -2.45. The van der Waals surface area contributed by atoms with Gasteiger partial charge in [0.1, 0.15) is 11.5 Å². The number of rotatable bonds is 6. The maximum absolute atomic E-state index is 12.8. The van der Waals surface area contributed by atoms with E-state index in [-0.39, 0.29) is 16.7 Å². The van der Waals surface area contributed by atoms with E-state index in [1.54, 1.807) is 24.4 Å². The van der Waals surface area contributed by atoms with E-state index in [4.69, 9.17) is 19.2 Å². The summed E-state index contributed by atoms with van der Waals surface area (Å²) in [6.07, 6.45) is 5.52. The van der Waals surface area contributed by atoms with Gasteiger partial charge in [0.05, 0.1) is 31.6 Å². The number of carbonyl (C=O) groups is 1. The molecule has 0 aromatic carbocycles. The minimum absolute atomic E-state index is 0.0361.